The highest BCUT2D eigenvalue weighted by atomic mass is 32.1. The molecule has 1 aromatic heterocycles. The molecule has 0 saturated carbocycles. The lowest BCUT2D eigenvalue weighted by Gasteiger charge is -2.48. The Kier molecular flexibility index (Phi) is 4.64. The summed E-state index contributed by atoms with van der Waals surface area (Å²) in [5.41, 5.74) is 5.96. The second kappa shape index (κ2) is 6.81. The third kappa shape index (κ3) is 2.89. The SMILES string of the molecule is C=C(C)[C@@H]1CC=C2c3sc(Cc4ccccc4)nc3C[C@@H](C)C2(CC)C1. The van der Waals surface area contributed by atoms with E-state index in [4.69, 9.17) is 4.98 Å². The van der Waals surface area contributed by atoms with Gasteiger partial charge in [0.2, 0.25) is 0 Å². The number of benzene rings is 1. The van der Waals surface area contributed by atoms with E-state index in [0.29, 0.717) is 17.3 Å². The Bertz CT molecular complexity index is 844. The van der Waals surface area contributed by atoms with Crippen molar-refractivity contribution in [3.8, 4) is 0 Å². The summed E-state index contributed by atoms with van der Waals surface area (Å²) < 4.78 is 0. The number of hydrogen-bond donors (Lipinski definition) is 0. The van der Waals surface area contributed by atoms with Gasteiger partial charge in [-0.1, -0.05) is 62.4 Å². The van der Waals surface area contributed by atoms with Crippen LogP contribution < -0.4 is 0 Å². The van der Waals surface area contributed by atoms with Crippen molar-refractivity contribution in [2.75, 3.05) is 0 Å². The van der Waals surface area contributed by atoms with Crippen molar-refractivity contribution in [2.24, 2.45) is 17.3 Å². The highest BCUT2D eigenvalue weighted by Crippen LogP contribution is 2.58. The molecule has 1 heterocycles. The summed E-state index contributed by atoms with van der Waals surface area (Å²) in [4.78, 5) is 6.55. The number of nitrogens with zero attached hydrogens (tertiary/aromatic N) is 1. The molecule has 1 nitrogen and oxygen atoms in total. The summed E-state index contributed by atoms with van der Waals surface area (Å²) >= 11 is 1.94. The third-order valence-electron chi connectivity index (χ3n) is 6.71. The van der Waals surface area contributed by atoms with Gasteiger partial charge < -0.3 is 0 Å². The predicted octanol–water partition coefficient (Wildman–Crippen LogP) is 6.69. The zero-order chi connectivity index (χ0) is 18.3. The first-order valence-corrected chi connectivity index (χ1v) is 10.7. The molecule has 1 aromatic carbocycles. The van der Waals surface area contributed by atoms with Crippen molar-refractivity contribution in [1.82, 2.24) is 4.98 Å². The minimum atomic E-state index is 0.311. The first-order valence-electron chi connectivity index (χ1n) is 9.92. The van der Waals surface area contributed by atoms with Crippen LogP contribution in [-0.2, 0) is 12.8 Å². The van der Waals surface area contributed by atoms with Gasteiger partial charge in [0.1, 0.15) is 0 Å². The Balaban J connectivity index is 1.72. The van der Waals surface area contributed by atoms with E-state index in [1.807, 2.05) is 11.3 Å². The average molecular weight is 364 g/mol. The zero-order valence-corrected chi connectivity index (χ0v) is 17.0. The molecule has 1 unspecified atom stereocenters. The molecule has 0 amide bonds. The van der Waals surface area contributed by atoms with Crippen molar-refractivity contribution in [3.63, 3.8) is 0 Å². The second-order valence-electron chi connectivity index (χ2n) is 8.26. The van der Waals surface area contributed by atoms with E-state index in [1.54, 1.807) is 5.57 Å². The van der Waals surface area contributed by atoms with Gasteiger partial charge in [-0.25, -0.2) is 4.98 Å². The molecule has 0 N–H and O–H groups in total. The van der Waals surface area contributed by atoms with E-state index in [0.717, 1.165) is 19.3 Å². The number of allylic oxidation sites excluding steroid dienone is 3. The van der Waals surface area contributed by atoms with Crippen molar-refractivity contribution in [1.29, 1.82) is 0 Å². The fraction of sp³-hybridized carbons (Fsp3) is 0.458. The summed E-state index contributed by atoms with van der Waals surface area (Å²) in [5.74, 6) is 1.29. The highest BCUT2D eigenvalue weighted by Gasteiger charge is 2.47. The Morgan fingerprint density at radius 1 is 1.31 bits per heavy atom. The number of thiazole rings is 1. The van der Waals surface area contributed by atoms with Crippen molar-refractivity contribution in [3.05, 3.63) is 69.7 Å². The van der Waals surface area contributed by atoms with Gasteiger partial charge in [-0.2, -0.15) is 0 Å². The van der Waals surface area contributed by atoms with Gasteiger partial charge >= 0.3 is 0 Å². The maximum atomic E-state index is 5.07. The van der Waals surface area contributed by atoms with Crippen LogP contribution in [0.5, 0.6) is 0 Å². The summed E-state index contributed by atoms with van der Waals surface area (Å²) in [7, 11) is 0. The van der Waals surface area contributed by atoms with E-state index < -0.39 is 0 Å². The Morgan fingerprint density at radius 3 is 2.77 bits per heavy atom. The highest BCUT2D eigenvalue weighted by molar-refractivity contribution is 7.13. The van der Waals surface area contributed by atoms with Gasteiger partial charge in [0.05, 0.1) is 15.6 Å². The van der Waals surface area contributed by atoms with Crippen LogP contribution in [0.3, 0.4) is 0 Å². The normalized spacial score (nSPS) is 27.4. The van der Waals surface area contributed by atoms with Crippen LogP contribution in [0.1, 0.15) is 61.2 Å². The lowest BCUT2D eigenvalue weighted by molar-refractivity contribution is 0.185. The fourth-order valence-electron chi connectivity index (χ4n) is 5.02. The third-order valence-corrected chi connectivity index (χ3v) is 7.84. The summed E-state index contributed by atoms with van der Waals surface area (Å²) in [5, 5.41) is 1.27. The Hall–Kier alpha value is -1.67. The minimum Gasteiger partial charge on any atom is -0.245 e. The van der Waals surface area contributed by atoms with E-state index in [-0.39, 0.29) is 0 Å². The molecule has 3 atom stereocenters. The minimum absolute atomic E-state index is 0.311. The van der Waals surface area contributed by atoms with Crippen LogP contribution in [0, 0.1) is 17.3 Å². The van der Waals surface area contributed by atoms with Crippen LogP contribution in [0.15, 0.2) is 48.6 Å². The maximum Gasteiger partial charge on any atom is 0.0978 e. The van der Waals surface area contributed by atoms with E-state index in [9.17, 15) is 0 Å². The molecule has 0 spiro atoms. The van der Waals surface area contributed by atoms with E-state index in [2.05, 4.69) is 63.8 Å². The van der Waals surface area contributed by atoms with Gasteiger partial charge in [0.25, 0.3) is 0 Å². The number of aromatic nitrogens is 1. The van der Waals surface area contributed by atoms with Crippen molar-refractivity contribution >= 4 is 16.9 Å². The second-order valence-corrected chi connectivity index (χ2v) is 9.35. The summed E-state index contributed by atoms with van der Waals surface area (Å²) in [6.45, 7) is 11.3. The fourth-order valence-corrected chi connectivity index (χ4v) is 6.30. The van der Waals surface area contributed by atoms with E-state index in [1.165, 1.54) is 39.6 Å². The molecule has 0 fully saturated rings. The zero-order valence-electron chi connectivity index (χ0n) is 16.2. The number of rotatable bonds is 4. The molecule has 0 bridgehead atoms. The summed E-state index contributed by atoms with van der Waals surface area (Å²) in [6.07, 6.45) is 8.23. The standard InChI is InChI=1S/C24H29NS/c1-5-24-15-19(16(2)3)11-12-20(24)23-21(13-17(24)4)25-22(26-23)14-18-9-7-6-8-10-18/h6-10,12,17,19H,2,5,11,13-15H2,1,3-4H3/t17-,19-,24?/m1/s1. The van der Waals surface area contributed by atoms with Crippen LogP contribution in [-0.4, -0.2) is 4.98 Å². The molecule has 2 aliphatic carbocycles. The largest absolute Gasteiger partial charge is 0.245 e. The molecule has 2 aromatic rings. The van der Waals surface area contributed by atoms with Crippen LogP contribution in [0.25, 0.3) is 5.57 Å². The molecule has 0 aliphatic heterocycles. The molecule has 0 radical (unpaired) electrons. The first-order chi connectivity index (χ1) is 12.5. The number of fused-ring (bicyclic) bond motifs is 3. The molecule has 4 rings (SSSR count). The van der Waals surface area contributed by atoms with E-state index >= 15 is 0 Å². The number of hydrogen-bond acceptors (Lipinski definition) is 2. The lowest BCUT2D eigenvalue weighted by atomic mass is 9.56. The molecule has 136 valence electrons. The molecule has 2 heteroatoms. The topological polar surface area (TPSA) is 12.9 Å². The van der Waals surface area contributed by atoms with Crippen LogP contribution in [0.2, 0.25) is 0 Å². The predicted molar refractivity (Wildman–Crippen MR) is 112 cm³/mol. The van der Waals surface area contributed by atoms with Crippen LogP contribution in [0.4, 0.5) is 0 Å². The van der Waals surface area contributed by atoms with Crippen molar-refractivity contribution < 1.29 is 0 Å². The molecule has 26 heavy (non-hydrogen) atoms. The van der Waals surface area contributed by atoms with Crippen molar-refractivity contribution in [2.45, 2.75) is 52.9 Å². The molecule has 2 aliphatic rings. The van der Waals surface area contributed by atoms with Gasteiger partial charge in [-0.3, -0.25) is 0 Å². The van der Waals surface area contributed by atoms with Gasteiger partial charge in [-0.05, 0) is 61.0 Å². The molecular formula is C24H29NS. The lowest BCUT2D eigenvalue weighted by Crippen LogP contribution is -2.38. The average Bonchev–Trinajstić information content (AvgIpc) is 3.04. The van der Waals surface area contributed by atoms with Gasteiger partial charge in [0, 0.05) is 6.42 Å². The van der Waals surface area contributed by atoms with Gasteiger partial charge in [0.15, 0.2) is 0 Å². The Labute approximate surface area is 161 Å². The quantitative estimate of drug-likeness (QED) is 0.551. The smallest absolute Gasteiger partial charge is 0.0978 e. The first kappa shape index (κ1) is 17.7. The molecule has 0 saturated heterocycles. The molecular weight excluding hydrogens is 334 g/mol. The van der Waals surface area contributed by atoms with Gasteiger partial charge in [-0.15, -0.1) is 11.3 Å². The van der Waals surface area contributed by atoms with Crippen LogP contribution >= 0.6 is 11.3 Å². The monoisotopic (exact) mass is 363 g/mol. The maximum absolute atomic E-state index is 5.07. The summed E-state index contributed by atoms with van der Waals surface area (Å²) in [6, 6.07) is 10.7. The Morgan fingerprint density at radius 2 is 2.08 bits per heavy atom.